The Balaban J connectivity index is 2.58. The van der Waals surface area contributed by atoms with Crippen LogP contribution < -0.4 is 4.74 Å². The Hall–Kier alpha value is -1.77. The molecule has 1 aromatic carbocycles. The van der Waals surface area contributed by atoms with Crippen molar-refractivity contribution >= 4 is 0 Å². The molecule has 0 N–H and O–H groups in total. The van der Waals surface area contributed by atoms with Gasteiger partial charge < -0.3 is 4.74 Å². The number of hydrogen-bond acceptors (Lipinski definition) is 2. The van der Waals surface area contributed by atoms with Crippen LogP contribution in [0.2, 0.25) is 0 Å². The molecule has 0 fully saturated rings. The molecule has 0 amide bonds. The maximum absolute atomic E-state index is 5.30. The summed E-state index contributed by atoms with van der Waals surface area (Å²) in [5, 5.41) is 4.33. The summed E-state index contributed by atoms with van der Waals surface area (Å²) in [7, 11) is 1.67. The third-order valence-corrected chi connectivity index (χ3v) is 2.57. The van der Waals surface area contributed by atoms with Crippen molar-refractivity contribution in [1.82, 2.24) is 9.78 Å². The van der Waals surface area contributed by atoms with Gasteiger partial charge in [0.05, 0.1) is 13.3 Å². The van der Waals surface area contributed by atoms with Gasteiger partial charge in [0.25, 0.3) is 0 Å². The second kappa shape index (κ2) is 3.77. The Kier molecular flexibility index (Phi) is 2.46. The van der Waals surface area contributed by atoms with Gasteiger partial charge in [0.1, 0.15) is 11.4 Å². The molecule has 1 aromatic heterocycles. The lowest BCUT2D eigenvalue weighted by molar-refractivity contribution is 0.411. The normalized spacial score (nSPS) is 10.3. The molecule has 0 radical (unpaired) electrons. The summed E-state index contributed by atoms with van der Waals surface area (Å²) in [6.45, 7) is 4.10. The maximum atomic E-state index is 5.30. The zero-order chi connectivity index (χ0) is 10.8. The first-order chi connectivity index (χ1) is 7.24. The van der Waals surface area contributed by atoms with Gasteiger partial charge in [0, 0.05) is 5.69 Å². The number of rotatable bonds is 2. The van der Waals surface area contributed by atoms with Crippen molar-refractivity contribution in [3.05, 3.63) is 41.7 Å². The lowest BCUT2D eigenvalue weighted by Crippen LogP contribution is -2.01. The molecule has 0 saturated carbocycles. The van der Waals surface area contributed by atoms with Gasteiger partial charge in [-0.05, 0) is 31.5 Å². The second-order valence-electron chi connectivity index (χ2n) is 3.50. The third kappa shape index (κ3) is 1.61. The largest absolute Gasteiger partial charge is 0.494 e. The highest BCUT2D eigenvalue weighted by atomic mass is 16.5. The van der Waals surface area contributed by atoms with Crippen LogP contribution in [0.25, 0.3) is 5.69 Å². The molecule has 3 nitrogen and oxygen atoms in total. The van der Waals surface area contributed by atoms with Gasteiger partial charge in [-0.1, -0.05) is 12.1 Å². The minimum atomic E-state index is 0.837. The molecule has 0 saturated heterocycles. The van der Waals surface area contributed by atoms with Gasteiger partial charge in [0.2, 0.25) is 0 Å². The van der Waals surface area contributed by atoms with Crippen LogP contribution in [-0.4, -0.2) is 16.9 Å². The quantitative estimate of drug-likeness (QED) is 0.748. The van der Waals surface area contributed by atoms with E-state index in [0.717, 1.165) is 17.1 Å². The fourth-order valence-electron chi connectivity index (χ4n) is 1.54. The van der Waals surface area contributed by atoms with Gasteiger partial charge in [-0.25, -0.2) is 4.68 Å². The van der Waals surface area contributed by atoms with E-state index in [1.54, 1.807) is 7.11 Å². The monoisotopic (exact) mass is 202 g/mol. The van der Waals surface area contributed by atoms with Gasteiger partial charge >= 0.3 is 0 Å². The van der Waals surface area contributed by atoms with Crippen LogP contribution in [0.1, 0.15) is 11.3 Å². The highest BCUT2D eigenvalue weighted by Crippen LogP contribution is 2.23. The lowest BCUT2D eigenvalue weighted by atomic mass is 10.2. The Morgan fingerprint density at radius 2 is 1.93 bits per heavy atom. The first-order valence-corrected chi connectivity index (χ1v) is 4.88. The number of aromatic nitrogens is 2. The van der Waals surface area contributed by atoms with E-state index in [1.165, 1.54) is 5.56 Å². The summed E-state index contributed by atoms with van der Waals surface area (Å²) in [4.78, 5) is 0. The van der Waals surface area contributed by atoms with Crippen molar-refractivity contribution in [1.29, 1.82) is 0 Å². The van der Waals surface area contributed by atoms with E-state index in [2.05, 4.69) is 12.0 Å². The Bertz CT molecular complexity index is 474. The molecule has 2 aromatic rings. The topological polar surface area (TPSA) is 27.1 Å². The van der Waals surface area contributed by atoms with Crippen LogP contribution in [0.3, 0.4) is 0 Å². The van der Waals surface area contributed by atoms with E-state index < -0.39 is 0 Å². The molecule has 78 valence electrons. The van der Waals surface area contributed by atoms with Crippen LogP contribution in [0.15, 0.2) is 30.5 Å². The lowest BCUT2D eigenvalue weighted by Gasteiger charge is -2.09. The molecule has 1 heterocycles. The first kappa shape index (κ1) is 9.77. The minimum absolute atomic E-state index is 0.837. The molecule has 0 bridgehead atoms. The zero-order valence-corrected chi connectivity index (χ0v) is 9.19. The predicted molar refractivity (Wildman–Crippen MR) is 59.6 cm³/mol. The van der Waals surface area contributed by atoms with Crippen molar-refractivity contribution in [2.45, 2.75) is 13.8 Å². The molecule has 0 spiro atoms. The molecule has 2 rings (SSSR count). The summed E-state index contributed by atoms with van der Waals surface area (Å²) < 4.78 is 7.20. The average Bonchev–Trinajstić information content (AvgIpc) is 2.60. The molecular weight excluding hydrogens is 188 g/mol. The second-order valence-corrected chi connectivity index (χ2v) is 3.50. The van der Waals surface area contributed by atoms with Crippen LogP contribution in [0, 0.1) is 13.8 Å². The molecule has 3 heteroatoms. The molecule has 0 atom stereocenters. The van der Waals surface area contributed by atoms with Crippen LogP contribution in [0.4, 0.5) is 0 Å². The Labute approximate surface area is 89.3 Å². The molecule has 0 unspecified atom stereocenters. The van der Waals surface area contributed by atoms with Crippen molar-refractivity contribution in [2.24, 2.45) is 0 Å². The average molecular weight is 202 g/mol. The van der Waals surface area contributed by atoms with E-state index in [4.69, 9.17) is 4.74 Å². The number of methoxy groups -OCH3 is 1. The third-order valence-electron chi connectivity index (χ3n) is 2.57. The summed E-state index contributed by atoms with van der Waals surface area (Å²) in [6, 6.07) is 7.87. The Morgan fingerprint density at radius 1 is 1.20 bits per heavy atom. The first-order valence-electron chi connectivity index (χ1n) is 4.88. The standard InChI is InChI=1S/C12H14N2O/c1-9-8-13-14(10(9)2)11-6-4-5-7-12(11)15-3/h4-8H,1-3H3. The summed E-state index contributed by atoms with van der Waals surface area (Å²) in [6.07, 6.45) is 1.86. The van der Waals surface area contributed by atoms with Crippen molar-refractivity contribution in [3.8, 4) is 11.4 Å². The van der Waals surface area contributed by atoms with Gasteiger partial charge in [0.15, 0.2) is 0 Å². The summed E-state index contributed by atoms with van der Waals surface area (Å²) in [5.41, 5.74) is 3.30. The van der Waals surface area contributed by atoms with Crippen molar-refractivity contribution in [2.75, 3.05) is 7.11 Å². The smallest absolute Gasteiger partial charge is 0.144 e. The molecular formula is C12H14N2O. The van der Waals surface area contributed by atoms with Crippen molar-refractivity contribution in [3.63, 3.8) is 0 Å². The SMILES string of the molecule is COc1ccccc1-n1ncc(C)c1C. The van der Waals surface area contributed by atoms with Gasteiger partial charge in [-0.2, -0.15) is 5.10 Å². The van der Waals surface area contributed by atoms with E-state index in [1.807, 2.05) is 42.1 Å². The van der Waals surface area contributed by atoms with Crippen LogP contribution in [-0.2, 0) is 0 Å². The van der Waals surface area contributed by atoms with Gasteiger partial charge in [-0.3, -0.25) is 0 Å². The summed E-state index contributed by atoms with van der Waals surface area (Å²) >= 11 is 0. The molecule has 0 aliphatic carbocycles. The minimum Gasteiger partial charge on any atom is -0.494 e. The zero-order valence-electron chi connectivity index (χ0n) is 9.19. The number of aryl methyl sites for hydroxylation is 1. The highest BCUT2D eigenvalue weighted by molar-refractivity contribution is 5.47. The Morgan fingerprint density at radius 3 is 2.53 bits per heavy atom. The number of ether oxygens (including phenoxy) is 1. The van der Waals surface area contributed by atoms with E-state index in [0.29, 0.717) is 0 Å². The van der Waals surface area contributed by atoms with Gasteiger partial charge in [-0.15, -0.1) is 0 Å². The molecule has 0 aliphatic heterocycles. The van der Waals surface area contributed by atoms with Crippen LogP contribution in [0.5, 0.6) is 5.75 Å². The number of para-hydroxylation sites is 2. The maximum Gasteiger partial charge on any atom is 0.144 e. The highest BCUT2D eigenvalue weighted by Gasteiger charge is 2.08. The van der Waals surface area contributed by atoms with E-state index in [-0.39, 0.29) is 0 Å². The number of benzene rings is 1. The predicted octanol–water partition coefficient (Wildman–Crippen LogP) is 2.50. The number of nitrogens with zero attached hydrogens (tertiary/aromatic N) is 2. The number of hydrogen-bond donors (Lipinski definition) is 0. The fourth-order valence-corrected chi connectivity index (χ4v) is 1.54. The van der Waals surface area contributed by atoms with E-state index >= 15 is 0 Å². The fraction of sp³-hybridized carbons (Fsp3) is 0.250. The molecule has 0 aliphatic rings. The van der Waals surface area contributed by atoms with Crippen molar-refractivity contribution < 1.29 is 4.74 Å². The summed E-state index contributed by atoms with van der Waals surface area (Å²) in [5.74, 6) is 0.837. The molecule has 15 heavy (non-hydrogen) atoms. The van der Waals surface area contributed by atoms with E-state index in [9.17, 15) is 0 Å². The van der Waals surface area contributed by atoms with Crippen LogP contribution >= 0.6 is 0 Å².